The van der Waals surface area contributed by atoms with Crippen LogP contribution in [0.2, 0.25) is 0 Å². The van der Waals surface area contributed by atoms with Gasteiger partial charge in [0, 0.05) is 32.1 Å². The maximum atomic E-state index is 12.5. The van der Waals surface area contributed by atoms with Crippen molar-refractivity contribution < 1.29 is 4.79 Å². The minimum atomic E-state index is 0.0658. The lowest BCUT2D eigenvalue weighted by molar-refractivity contribution is -0.124. The largest absolute Gasteiger partial charge is 0.353 e. The van der Waals surface area contributed by atoms with Crippen LogP contribution in [0.15, 0.2) is 30.3 Å². The van der Waals surface area contributed by atoms with Crippen LogP contribution in [0.5, 0.6) is 0 Å². The zero-order chi connectivity index (χ0) is 17.5. The van der Waals surface area contributed by atoms with Gasteiger partial charge < -0.3 is 11.1 Å². The average Bonchev–Trinajstić information content (AvgIpc) is 2.65. The van der Waals surface area contributed by atoms with Gasteiger partial charge in [-0.1, -0.05) is 49.6 Å². The van der Waals surface area contributed by atoms with E-state index in [2.05, 4.69) is 40.5 Å². The van der Waals surface area contributed by atoms with E-state index >= 15 is 0 Å². The van der Waals surface area contributed by atoms with Crippen molar-refractivity contribution in [3.63, 3.8) is 0 Å². The lowest BCUT2D eigenvalue weighted by Gasteiger charge is -2.37. The predicted octanol–water partition coefficient (Wildman–Crippen LogP) is 3.07. The van der Waals surface area contributed by atoms with Gasteiger partial charge in [0.1, 0.15) is 0 Å². The Hall–Kier alpha value is -1.39. The van der Waals surface area contributed by atoms with Gasteiger partial charge >= 0.3 is 0 Å². The van der Waals surface area contributed by atoms with Crippen LogP contribution >= 0.6 is 0 Å². The van der Waals surface area contributed by atoms with Crippen molar-refractivity contribution in [1.29, 1.82) is 0 Å². The number of rotatable bonds is 6. The maximum Gasteiger partial charge on any atom is 0.220 e. The SMILES string of the molecule is NCC1(CC(=O)NC2CCN(Cc3ccccc3)CC2)CCCCC1. The summed E-state index contributed by atoms with van der Waals surface area (Å²) >= 11 is 0. The molecule has 1 saturated heterocycles. The molecule has 0 atom stereocenters. The van der Waals surface area contributed by atoms with Crippen LogP contribution in [0.3, 0.4) is 0 Å². The van der Waals surface area contributed by atoms with Gasteiger partial charge in [0.15, 0.2) is 0 Å². The molecule has 0 unspecified atom stereocenters. The third kappa shape index (κ3) is 5.29. The molecule has 3 rings (SSSR count). The summed E-state index contributed by atoms with van der Waals surface area (Å²) in [7, 11) is 0. The molecule has 0 bridgehead atoms. The Bertz CT molecular complexity index is 531. The molecule has 1 heterocycles. The second-order valence-corrected chi connectivity index (χ2v) is 8.05. The third-order valence-corrected chi connectivity index (χ3v) is 6.08. The van der Waals surface area contributed by atoms with Crippen LogP contribution in [0.1, 0.15) is 56.9 Å². The van der Waals surface area contributed by atoms with Crippen LogP contribution in [0, 0.1) is 5.41 Å². The molecule has 0 aromatic heterocycles. The van der Waals surface area contributed by atoms with Gasteiger partial charge in [-0.3, -0.25) is 9.69 Å². The summed E-state index contributed by atoms with van der Waals surface area (Å²) < 4.78 is 0. The van der Waals surface area contributed by atoms with Gasteiger partial charge in [0.25, 0.3) is 0 Å². The van der Waals surface area contributed by atoms with E-state index in [0.29, 0.717) is 19.0 Å². The summed E-state index contributed by atoms with van der Waals surface area (Å²) in [6.07, 6.45) is 8.70. The zero-order valence-corrected chi connectivity index (χ0v) is 15.4. The van der Waals surface area contributed by atoms with E-state index in [9.17, 15) is 4.79 Å². The molecular formula is C21H33N3O. The molecule has 1 saturated carbocycles. The van der Waals surface area contributed by atoms with Gasteiger partial charge in [-0.15, -0.1) is 0 Å². The van der Waals surface area contributed by atoms with Crippen LogP contribution in [-0.4, -0.2) is 36.5 Å². The van der Waals surface area contributed by atoms with Crippen LogP contribution in [0.4, 0.5) is 0 Å². The number of hydrogen-bond acceptors (Lipinski definition) is 3. The second-order valence-electron chi connectivity index (χ2n) is 8.05. The standard InChI is InChI=1S/C21H33N3O/c22-17-21(11-5-2-6-12-21)15-20(25)23-19-9-13-24(14-10-19)16-18-7-3-1-4-8-18/h1,3-4,7-8,19H,2,5-6,9-17,22H2,(H,23,25). The van der Waals surface area contributed by atoms with Crippen molar-refractivity contribution in [1.82, 2.24) is 10.2 Å². The number of benzene rings is 1. The van der Waals surface area contributed by atoms with Gasteiger partial charge in [-0.25, -0.2) is 0 Å². The van der Waals surface area contributed by atoms with Gasteiger partial charge in [-0.05, 0) is 43.2 Å². The molecule has 1 amide bonds. The first-order valence-electron chi connectivity index (χ1n) is 9.95. The Labute approximate surface area is 152 Å². The van der Waals surface area contributed by atoms with Crippen LogP contribution < -0.4 is 11.1 Å². The Kier molecular flexibility index (Phi) is 6.49. The highest BCUT2D eigenvalue weighted by Crippen LogP contribution is 2.38. The quantitative estimate of drug-likeness (QED) is 0.834. The van der Waals surface area contributed by atoms with E-state index in [-0.39, 0.29) is 11.3 Å². The topological polar surface area (TPSA) is 58.4 Å². The highest BCUT2D eigenvalue weighted by Gasteiger charge is 2.33. The molecule has 2 aliphatic rings. The number of hydrogen-bond donors (Lipinski definition) is 2. The van der Waals surface area contributed by atoms with Crippen molar-refractivity contribution in [2.75, 3.05) is 19.6 Å². The van der Waals surface area contributed by atoms with E-state index in [1.54, 1.807) is 0 Å². The maximum absolute atomic E-state index is 12.5. The summed E-state index contributed by atoms with van der Waals surface area (Å²) in [6.45, 7) is 3.78. The van der Waals surface area contributed by atoms with Crippen molar-refractivity contribution in [2.45, 2.75) is 64.0 Å². The number of nitrogens with one attached hydrogen (secondary N) is 1. The van der Waals surface area contributed by atoms with Gasteiger partial charge in [0.05, 0.1) is 0 Å². The monoisotopic (exact) mass is 343 g/mol. The normalized spacial score (nSPS) is 21.8. The number of carbonyl (C=O) groups excluding carboxylic acids is 1. The van der Waals surface area contributed by atoms with E-state index in [4.69, 9.17) is 5.73 Å². The predicted molar refractivity (Wildman–Crippen MR) is 102 cm³/mol. The summed E-state index contributed by atoms with van der Waals surface area (Å²) in [4.78, 5) is 15.0. The first-order valence-corrected chi connectivity index (χ1v) is 9.95. The fourth-order valence-corrected chi connectivity index (χ4v) is 4.45. The highest BCUT2D eigenvalue weighted by molar-refractivity contribution is 5.77. The van der Waals surface area contributed by atoms with Gasteiger partial charge in [-0.2, -0.15) is 0 Å². The Morgan fingerprint density at radius 1 is 1.12 bits per heavy atom. The van der Waals surface area contributed by atoms with Crippen molar-refractivity contribution in [3.05, 3.63) is 35.9 Å². The molecule has 138 valence electrons. The molecule has 3 N–H and O–H groups in total. The van der Waals surface area contributed by atoms with E-state index in [0.717, 1.165) is 45.3 Å². The number of nitrogens with two attached hydrogens (primary N) is 1. The summed E-state index contributed by atoms with van der Waals surface area (Å²) in [5.74, 6) is 0.217. The minimum Gasteiger partial charge on any atom is -0.353 e. The molecule has 1 aromatic rings. The number of piperidine rings is 1. The average molecular weight is 344 g/mol. The first-order chi connectivity index (χ1) is 12.2. The molecule has 4 nitrogen and oxygen atoms in total. The molecule has 1 aromatic carbocycles. The van der Waals surface area contributed by atoms with E-state index in [1.807, 2.05) is 0 Å². The Balaban J connectivity index is 1.41. The summed E-state index contributed by atoms with van der Waals surface area (Å²) in [5, 5.41) is 3.29. The molecule has 0 spiro atoms. The van der Waals surface area contributed by atoms with Crippen molar-refractivity contribution in [2.24, 2.45) is 11.1 Å². The molecule has 1 aliphatic heterocycles. The third-order valence-electron chi connectivity index (χ3n) is 6.08. The van der Waals surface area contributed by atoms with E-state index in [1.165, 1.54) is 24.8 Å². The zero-order valence-electron chi connectivity index (χ0n) is 15.4. The fraction of sp³-hybridized carbons (Fsp3) is 0.667. The lowest BCUT2D eigenvalue weighted by atomic mass is 9.71. The number of nitrogens with zero attached hydrogens (tertiary/aromatic N) is 1. The Morgan fingerprint density at radius 3 is 2.44 bits per heavy atom. The molecule has 0 radical (unpaired) electrons. The van der Waals surface area contributed by atoms with Crippen LogP contribution in [-0.2, 0) is 11.3 Å². The molecule has 1 aliphatic carbocycles. The molecular weight excluding hydrogens is 310 g/mol. The second kappa shape index (κ2) is 8.81. The minimum absolute atomic E-state index is 0.0658. The highest BCUT2D eigenvalue weighted by atomic mass is 16.1. The van der Waals surface area contributed by atoms with Gasteiger partial charge in [0.2, 0.25) is 5.91 Å². The van der Waals surface area contributed by atoms with E-state index < -0.39 is 0 Å². The number of likely N-dealkylation sites (tertiary alicyclic amines) is 1. The lowest BCUT2D eigenvalue weighted by Crippen LogP contribution is -2.46. The summed E-state index contributed by atoms with van der Waals surface area (Å²) in [5.41, 5.74) is 7.46. The smallest absolute Gasteiger partial charge is 0.220 e. The molecule has 2 fully saturated rings. The number of carbonyl (C=O) groups is 1. The fourth-order valence-electron chi connectivity index (χ4n) is 4.45. The van der Waals surface area contributed by atoms with Crippen LogP contribution in [0.25, 0.3) is 0 Å². The van der Waals surface area contributed by atoms with Crippen molar-refractivity contribution >= 4 is 5.91 Å². The first kappa shape index (κ1) is 18.4. The molecule has 4 heteroatoms. The molecule has 25 heavy (non-hydrogen) atoms. The van der Waals surface area contributed by atoms with Crippen molar-refractivity contribution in [3.8, 4) is 0 Å². The number of amides is 1. The summed E-state index contributed by atoms with van der Waals surface area (Å²) in [6, 6.07) is 11.0. The Morgan fingerprint density at radius 2 is 1.80 bits per heavy atom.